The van der Waals surface area contributed by atoms with Gasteiger partial charge in [0.2, 0.25) is 0 Å². The number of hydrogen-bond acceptors (Lipinski definition) is 0. The molecule has 0 heteroatoms. The van der Waals surface area contributed by atoms with Gasteiger partial charge in [0, 0.05) is 0 Å². The Hall–Kier alpha value is -1.56. The van der Waals surface area contributed by atoms with E-state index in [2.05, 4.69) is 54.6 Å². The van der Waals surface area contributed by atoms with E-state index >= 15 is 0 Å². The summed E-state index contributed by atoms with van der Waals surface area (Å²) in [6, 6.07) is 10.5. The van der Waals surface area contributed by atoms with E-state index in [0.717, 1.165) is 12.8 Å². The van der Waals surface area contributed by atoms with Crippen LogP contribution in [0.1, 0.15) is 32.3 Å². The van der Waals surface area contributed by atoms with Crippen LogP contribution in [0.2, 0.25) is 0 Å². The van der Waals surface area contributed by atoms with Crippen molar-refractivity contribution in [2.24, 2.45) is 0 Å². The predicted molar refractivity (Wildman–Crippen MR) is 73.3 cm³/mol. The van der Waals surface area contributed by atoms with Crippen LogP contribution in [0.4, 0.5) is 0 Å². The van der Waals surface area contributed by atoms with E-state index in [1.54, 1.807) is 0 Å². The van der Waals surface area contributed by atoms with Gasteiger partial charge in [-0.15, -0.1) is 0 Å². The van der Waals surface area contributed by atoms with Gasteiger partial charge in [-0.2, -0.15) is 0 Å². The molecule has 0 unspecified atom stereocenters. The normalized spacial score (nSPS) is 21.5. The lowest BCUT2D eigenvalue weighted by molar-refractivity contribution is 1.05. The van der Waals surface area contributed by atoms with Crippen molar-refractivity contribution in [1.29, 1.82) is 0 Å². The third kappa shape index (κ3) is 3.90. The van der Waals surface area contributed by atoms with Crippen LogP contribution in [0.3, 0.4) is 0 Å². The molecule has 0 nitrogen and oxygen atoms in total. The molecule has 0 saturated heterocycles. The van der Waals surface area contributed by atoms with Crippen LogP contribution >= 0.6 is 0 Å². The lowest BCUT2D eigenvalue weighted by Crippen LogP contribution is -1.81. The molecule has 0 spiro atoms. The second-order valence-corrected chi connectivity index (χ2v) is 3.40. The molecule has 16 heavy (non-hydrogen) atoms. The van der Waals surface area contributed by atoms with Crippen molar-refractivity contribution >= 4 is 5.57 Å². The topological polar surface area (TPSA) is 0 Å². The Labute approximate surface area is 99.0 Å². The summed E-state index contributed by atoms with van der Waals surface area (Å²) >= 11 is 0. The largest absolute Gasteiger partial charge is 0.0842 e. The molecule has 1 aliphatic carbocycles. The number of allylic oxidation sites excluding steroid dienone is 6. The van der Waals surface area contributed by atoms with Crippen molar-refractivity contribution in [3.63, 3.8) is 0 Å². The number of rotatable bonds is 1. The summed E-state index contributed by atoms with van der Waals surface area (Å²) in [6.07, 6.45) is 13.3. The van der Waals surface area contributed by atoms with Crippen LogP contribution in [0.15, 0.2) is 60.7 Å². The Morgan fingerprint density at radius 2 is 1.56 bits per heavy atom. The average molecular weight is 212 g/mol. The molecule has 0 heterocycles. The molecule has 84 valence electrons. The van der Waals surface area contributed by atoms with E-state index in [4.69, 9.17) is 0 Å². The molecule has 1 aromatic carbocycles. The minimum atomic E-state index is 1.14. The van der Waals surface area contributed by atoms with E-state index in [9.17, 15) is 0 Å². The molecular weight excluding hydrogens is 192 g/mol. The Balaban J connectivity index is 0.000000606. The zero-order valence-corrected chi connectivity index (χ0v) is 10.2. The van der Waals surface area contributed by atoms with Gasteiger partial charge in [0.15, 0.2) is 0 Å². The summed E-state index contributed by atoms with van der Waals surface area (Å²) in [7, 11) is 0. The second kappa shape index (κ2) is 7.70. The second-order valence-electron chi connectivity index (χ2n) is 3.40. The fraction of sp³-hybridized carbons (Fsp3) is 0.250. The van der Waals surface area contributed by atoms with Crippen molar-refractivity contribution < 1.29 is 0 Å². The maximum Gasteiger partial charge on any atom is -0.0184 e. The van der Waals surface area contributed by atoms with Gasteiger partial charge in [0.25, 0.3) is 0 Å². The first kappa shape index (κ1) is 12.5. The first-order valence-corrected chi connectivity index (χ1v) is 6.05. The third-order valence-corrected chi connectivity index (χ3v) is 2.32. The van der Waals surface area contributed by atoms with Crippen molar-refractivity contribution in [1.82, 2.24) is 0 Å². The van der Waals surface area contributed by atoms with Crippen molar-refractivity contribution in [3.8, 4) is 0 Å². The lowest BCUT2D eigenvalue weighted by atomic mass is 10.0. The molecule has 0 aromatic heterocycles. The smallest absolute Gasteiger partial charge is 0.0184 e. The van der Waals surface area contributed by atoms with Gasteiger partial charge in [-0.05, 0) is 24.0 Å². The first-order valence-electron chi connectivity index (χ1n) is 6.05. The highest BCUT2D eigenvalue weighted by Crippen LogP contribution is 2.17. The Morgan fingerprint density at radius 1 is 0.875 bits per heavy atom. The van der Waals surface area contributed by atoms with E-state index in [0.29, 0.717) is 0 Å². The molecule has 1 aliphatic rings. The van der Waals surface area contributed by atoms with Crippen molar-refractivity contribution in [2.45, 2.75) is 26.7 Å². The standard InChI is InChI=1S/C14H14.C2H6/c1-2-5-9-13(10-6-3-1)14-11-7-4-8-12-14;1-2/h2,4-12H,1,3H2;1-2H3/b5-2-,10-6-,13-9+;. The highest BCUT2D eigenvalue weighted by atomic mass is 14.0. The highest BCUT2D eigenvalue weighted by Gasteiger charge is 1.95. The van der Waals surface area contributed by atoms with Gasteiger partial charge in [-0.3, -0.25) is 0 Å². The molecule has 0 radical (unpaired) electrons. The summed E-state index contributed by atoms with van der Waals surface area (Å²) < 4.78 is 0. The van der Waals surface area contributed by atoms with Gasteiger partial charge in [0.05, 0.1) is 0 Å². The molecule has 0 aliphatic heterocycles. The van der Waals surface area contributed by atoms with Gasteiger partial charge in [-0.25, -0.2) is 0 Å². The highest BCUT2D eigenvalue weighted by molar-refractivity contribution is 5.75. The van der Waals surface area contributed by atoms with E-state index in [1.165, 1.54) is 11.1 Å². The number of benzene rings is 1. The molecule has 0 atom stereocenters. The van der Waals surface area contributed by atoms with Gasteiger partial charge < -0.3 is 0 Å². The minimum absolute atomic E-state index is 1.14. The Bertz CT molecular complexity index is 366. The first-order chi connectivity index (χ1) is 7.97. The summed E-state index contributed by atoms with van der Waals surface area (Å²) in [6.45, 7) is 4.00. The summed E-state index contributed by atoms with van der Waals surface area (Å²) in [5, 5.41) is 0. The van der Waals surface area contributed by atoms with Crippen LogP contribution in [0, 0.1) is 0 Å². The van der Waals surface area contributed by atoms with Gasteiger partial charge in [0.1, 0.15) is 0 Å². The van der Waals surface area contributed by atoms with E-state index < -0.39 is 0 Å². The third-order valence-electron chi connectivity index (χ3n) is 2.32. The average Bonchev–Trinajstić information content (AvgIpc) is 2.32. The fourth-order valence-electron chi connectivity index (χ4n) is 1.55. The summed E-state index contributed by atoms with van der Waals surface area (Å²) in [5.74, 6) is 0. The molecule has 0 amide bonds. The molecule has 0 N–H and O–H groups in total. The lowest BCUT2D eigenvalue weighted by Gasteiger charge is -2.02. The zero-order valence-electron chi connectivity index (χ0n) is 10.2. The fourth-order valence-corrected chi connectivity index (χ4v) is 1.55. The van der Waals surface area contributed by atoms with E-state index in [-0.39, 0.29) is 0 Å². The SMILES string of the molecule is C1=C/CC\C=C/C(c2ccccc2)=C\1.CC. The Kier molecular flexibility index (Phi) is 6.02. The molecule has 1 aromatic rings. The van der Waals surface area contributed by atoms with Gasteiger partial charge >= 0.3 is 0 Å². The predicted octanol–water partition coefficient (Wildman–Crippen LogP) is 5.00. The van der Waals surface area contributed by atoms with Crippen LogP contribution in [-0.2, 0) is 0 Å². The van der Waals surface area contributed by atoms with Crippen LogP contribution in [0.5, 0.6) is 0 Å². The van der Waals surface area contributed by atoms with Crippen LogP contribution in [-0.4, -0.2) is 0 Å². The van der Waals surface area contributed by atoms with Crippen LogP contribution < -0.4 is 0 Å². The van der Waals surface area contributed by atoms with Crippen molar-refractivity contribution in [2.75, 3.05) is 0 Å². The molecule has 0 saturated carbocycles. The van der Waals surface area contributed by atoms with Crippen molar-refractivity contribution in [3.05, 3.63) is 66.3 Å². The molecule has 0 bridgehead atoms. The maximum atomic E-state index is 2.24. The Morgan fingerprint density at radius 3 is 2.31 bits per heavy atom. The minimum Gasteiger partial charge on any atom is -0.0842 e. The zero-order chi connectivity index (χ0) is 11.6. The van der Waals surface area contributed by atoms with Gasteiger partial charge in [-0.1, -0.05) is 74.6 Å². The maximum absolute atomic E-state index is 2.24. The molecular formula is C16H20. The van der Waals surface area contributed by atoms with Crippen LogP contribution in [0.25, 0.3) is 5.57 Å². The monoisotopic (exact) mass is 212 g/mol. The van der Waals surface area contributed by atoms with E-state index in [1.807, 2.05) is 19.9 Å². The number of hydrogen-bond donors (Lipinski definition) is 0. The molecule has 2 rings (SSSR count). The summed E-state index contributed by atoms with van der Waals surface area (Å²) in [4.78, 5) is 0. The molecule has 0 fully saturated rings. The quantitative estimate of drug-likeness (QED) is 0.614. The summed E-state index contributed by atoms with van der Waals surface area (Å²) in [5.41, 5.74) is 2.58.